The maximum absolute atomic E-state index is 2.65. The molecule has 4 aromatic rings. The van der Waals surface area contributed by atoms with Crippen molar-refractivity contribution in [2.75, 3.05) is 18.0 Å². The van der Waals surface area contributed by atoms with Gasteiger partial charge in [0.05, 0.1) is 5.41 Å². The summed E-state index contributed by atoms with van der Waals surface area (Å²) in [6.07, 6.45) is 30.0. The lowest BCUT2D eigenvalue weighted by molar-refractivity contribution is -0.438. The van der Waals surface area contributed by atoms with E-state index in [9.17, 15) is 0 Å². The zero-order valence-corrected chi connectivity index (χ0v) is 34.0. The number of rotatable bonds is 19. The number of allylic oxidation sites excluding steroid dienone is 6. The average molecular weight is 708 g/mol. The molecular formula is C51H67N2+. The van der Waals surface area contributed by atoms with Crippen molar-refractivity contribution in [3.63, 3.8) is 0 Å². The van der Waals surface area contributed by atoms with Crippen LogP contribution in [0.5, 0.6) is 0 Å². The van der Waals surface area contributed by atoms with Gasteiger partial charge in [0.15, 0.2) is 5.71 Å². The number of nitrogens with zero attached hydrogens (tertiary/aromatic N) is 2. The second kappa shape index (κ2) is 17.9. The van der Waals surface area contributed by atoms with Gasteiger partial charge >= 0.3 is 0 Å². The number of anilines is 1. The fourth-order valence-electron chi connectivity index (χ4n) is 9.30. The molecule has 280 valence electrons. The molecule has 53 heavy (non-hydrogen) atoms. The highest BCUT2D eigenvalue weighted by molar-refractivity contribution is 6.07. The van der Waals surface area contributed by atoms with Crippen molar-refractivity contribution in [2.45, 2.75) is 142 Å². The first kappa shape index (κ1) is 38.8. The molecule has 2 aliphatic heterocycles. The Hall–Kier alpha value is -3.91. The van der Waals surface area contributed by atoms with Crippen molar-refractivity contribution in [2.24, 2.45) is 0 Å². The summed E-state index contributed by atoms with van der Waals surface area (Å²) in [5.74, 6) is 0. The van der Waals surface area contributed by atoms with Gasteiger partial charge in [0.2, 0.25) is 5.69 Å². The van der Waals surface area contributed by atoms with Crippen LogP contribution >= 0.6 is 0 Å². The van der Waals surface area contributed by atoms with Crippen molar-refractivity contribution < 1.29 is 4.58 Å². The number of unbranched alkanes of at least 4 members (excludes halogenated alkanes) is 11. The van der Waals surface area contributed by atoms with Crippen molar-refractivity contribution in [1.29, 1.82) is 0 Å². The van der Waals surface area contributed by atoms with E-state index >= 15 is 0 Å². The van der Waals surface area contributed by atoms with Crippen LogP contribution in [0, 0.1) is 0 Å². The topological polar surface area (TPSA) is 6.25 Å². The van der Waals surface area contributed by atoms with Crippen molar-refractivity contribution in [3.8, 4) is 0 Å². The third-order valence-corrected chi connectivity index (χ3v) is 12.1. The molecule has 0 aliphatic carbocycles. The molecule has 0 bridgehead atoms. The standard InChI is InChI=1S/C51H67N2/c1-7-9-11-13-18-26-38-52-44-36-34-40-28-22-24-30-42(40)48(44)50(3,4)46(52)32-20-16-15-17-21-33-47-51(5,6)49-43-31-25-23-29-41(43)35-37-45(49)53(47)39-27-19-14-12-10-8-2/h16,20-25,28-37H,7-15,17-19,26-27,38-39H2,1-6H3/q+1/b20-16+,33-21+,46-32+. The summed E-state index contributed by atoms with van der Waals surface area (Å²) in [7, 11) is 0. The number of hydrogen-bond donors (Lipinski definition) is 0. The van der Waals surface area contributed by atoms with Gasteiger partial charge in [-0.05, 0) is 84.8 Å². The highest BCUT2D eigenvalue weighted by Gasteiger charge is 2.45. The lowest BCUT2D eigenvalue weighted by Crippen LogP contribution is -2.28. The first-order valence-electron chi connectivity index (χ1n) is 21.3. The molecule has 6 rings (SSSR count). The third-order valence-electron chi connectivity index (χ3n) is 12.1. The van der Waals surface area contributed by atoms with Crippen LogP contribution in [0.3, 0.4) is 0 Å². The first-order chi connectivity index (χ1) is 25.8. The minimum Gasteiger partial charge on any atom is -0.344 e. The van der Waals surface area contributed by atoms with Gasteiger partial charge in [0.25, 0.3) is 0 Å². The van der Waals surface area contributed by atoms with Gasteiger partial charge in [-0.1, -0.05) is 158 Å². The minimum atomic E-state index is -0.0496. The Labute approximate surface area is 322 Å². The number of hydrogen-bond acceptors (Lipinski definition) is 1. The highest BCUT2D eigenvalue weighted by atomic mass is 15.2. The van der Waals surface area contributed by atoms with Crippen molar-refractivity contribution >= 4 is 38.6 Å². The van der Waals surface area contributed by atoms with Crippen LogP contribution in [-0.2, 0) is 10.8 Å². The van der Waals surface area contributed by atoms with E-state index in [4.69, 9.17) is 0 Å². The predicted octanol–water partition coefficient (Wildman–Crippen LogP) is 14.7. The Morgan fingerprint density at radius 1 is 0.585 bits per heavy atom. The summed E-state index contributed by atoms with van der Waals surface area (Å²) in [4.78, 5) is 2.64. The molecule has 0 saturated carbocycles. The number of benzene rings is 4. The molecule has 2 aliphatic rings. The Kier molecular flexibility index (Phi) is 13.1. The molecule has 0 fully saturated rings. The smallest absolute Gasteiger partial charge is 0.210 e. The van der Waals surface area contributed by atoms with Crippen LogP contribution in [0.4, 0.5) is 11.4 Å². The van der Waals surface area contributed by atoms with E-state index in [0.29, 0.717) is 0 Å². The Morgan fingerprint density at radius 2 is 1.17 bits per heavy atom. The molecule has 0 radical (unpaired) electrons. The minimum absolute atomic E-state index is 0.0398. The Bertz CT molecular complexity index is 1970. The molecule has 0 saturated heterocycles. The van der Waals surface area contributed by atoms with Gasteiger partial charge in [-0.3, -0.25) is 0 Å². The van der Waals surface area contributed by atoms with Crippen LogP contribution in [0.1, 0.15) is 143 Å². The lowest BCUT2D eigenvalue weighted by Gasteiger charge is -2.27. The van der Waals surface area contributed by atoms with E-state index in [1.54, 1.807) is 0 Å². The van der Waals surface area contributed by atoms with E-state index in [-0.39, 0.29) is 10.8 Å². The average Bonchev–Trinajstić information content (AvgIpc) is 3.52. The van der Waals surface area contributed by atoms with Crippen molar-refractivity contribution in [3.05, 3.63) is 120 Å². The van der Waals surface area contributed by atoms with E-state index in [1.807, 2.05) is 0 Å². The van der Waals surface area contributed by atoms with Gasteiger partial charge in [-0.25, -0.2) is 0 Å². The molecular weight excluding hydrogens is 641 g/mol. The molecule has 2 heteroatoms. The predicted molar refractivity (Wildman–Crippen MR) is 233 cm³/mol. The SMILES string of the molecule is CCCCCCCCN1/C(=C/C=C/CC/C=C/C2=[N+](CCCCCCCC)c3ccc4ccccc4c3C2(C)C)C(C)(C)c2c1ccc1ccccc21. The quantitative estimate of drug-likeness (QED) is 0.0694. The lowest BCUT2D eigenvalue weighted by atomic mass is 9.79. The highest BCUT2D eigenvalue weighted by Crippen LogP contribution is 2.51. The summed E-state index contributed by atoms with van der Waals surface area (Å²) in [5.41, 5.74) is 8.58. The van der Waals surface area contributed by atoms with Gasteiger partial charge in [0, 0.05) is 47.5 Å². The zero-order chi connectivity index (χ0) is 37.3. The summed E-state index contributed by atoms with van der Waals surface area (Å²) >= 11 is 0. The van der Waals surface area contributed by atoms with E-state index in [2.05, 4.69) is 154 Å². The van der Waals surface area contributed by atoms with Gasteiger partial charge in [-0.15, -0.1) is 0 Å². The summed E-state index contributed by atoms with van der Waals surface area (Å²) < 4.78 is 2.65. The largest absolute Gasteiger partial charge is 0.344 e. The second-order valence-electron chi connectivity index (χ2n) is 16.8. The molecule has 0 atom stereocenters. The summed E-state index contributed by atoms with van der Waals surface area (Å²) in [6, 6.07) is 27.3. The molecule has 4 aromatic carbocycles. The Morgan fingerprint density at radius 3 is 1.87 bits per heavy atom. The maximum Gasteiger partial charge on any atom is 0.210 e. The van der Waals surface area contributed by atoms with E-state index < -0.39 is 0 Å². The monoisotopic (exact) mass is 708 g/mol. The van der Waals surface area contributed by atoms with Crippen molar-refractivity contribution in [1.82, 2.24) is 0 Å². The summed E-state index contributed by atoms with van der Waals surface area (Å²) in [5, 5.41) is 5.48. The molecule has 0 unspecified atom stereocenters. The van der Waals surface area contributed by atoms with Crippen LogP contribution in [-0.4, -0.2) is 23.4 Å². The first-order valence-corrected chi connectivity index (χ1v) is 21.3. The molecule has 0 amide bonds. The van der Waals surface area contributed by atoms with Crippen LogP contribution < -0.4 is 4.90 Å². The fraction of sp³-hybridized carbons (Fsp3) is 0.471. The third kappa shape index (κ3) is 8.43. The number of fused-ring (bicyclic) bond motifs is 6. The molecule has 0 aromatic heterocycles. The maximum atomic E-state index is 2.65. The molecule has 2 nitrogen and oxygen atoms in total. The molecule has 2 heterocycles. The molecule has 0 N–H and O–H groups in total. The fourth-order valence-corrected chi connectivity index (χ4v) is 9.30. The van der Waals surface area contributed by atoms with Gasteiger partial charge in [-0.2, -0.15) is 4.58 Å². The summed E-state index contributed by atoms with van der Waals surface area (Å²) in [6.45, 7) is 16.5. The molecule has 0 spiro atoms. The van der Waals surface area contributed by atoms with Gasteiger partial charge < -0.3 is 4.90 Å². The van der Waals surface area contributed by atoms with E-state index in [1.165, 1.54) is 133 Å². The van der Waals surface area contributed by atoms with Crippen LogP contribution in [0.15, 0.2) is 109 Å². The van der Waals surface area contributed by atoms with Crippen LogP contribution in [0.2, 0.25) is 0 Å². The second-order valence-corrected chi connectivity index (χ2v) is 16.8. The van der Waals surface area contributed by atoms with E-state index in [0.717, 1.165) is 25.9 Å². The van der Waals surface area contributed by atoms with Gasteiger partial charge in [0.1, 0.15) is 6.54 Å². The van der Waals surface area contributed by atoms with Crippen LogP contribution in [0.25, 0.3) is 21.5 Å². The normalized spacial score (nSPS) is 17.0. The Balaban J connectivity index is 1.18. The zero-order valence-electron chi connectivity index (χ0n) is 34.0.